The number of carbonyl (C=O) groups excluding carboxylic acids is 1. The van der Waals surface area contributed by atoms with E-state index >= 15 is 0 Å². The lowest BCUT2D eigenvalue weighted by Crippen LogP contribution is -2.31. The molecule has 0 saturated heterocycles. The summed E-state index contributed by atoms with van der Waals surface area (Å²) in [6, 6.07) is 7.12. The fourth-order valence-corrected chi connectivity index (χ4v) is 3.48. The number of rotatable bonds is 6. The standard InChI is InChI=1S/C17H21N5O2S/c1-4-9-25-17-20-16-19-10(2)13(15(18)23)14(22(16)21-17)11-5-7-12(24-3)8-6-11/h5-8,14H,4,9H2,1-3H3,(H2,18,23)(H,19,20,21). The highest BCUT2D eigenvalue weighted by atomic mass is 32.2. The van der Waals surface area contributed by atoms with Crippen molar-refractivity contribution in [1.82, 2.24) is 14.8 Å². The van der Waals surface area contributed by atoms with E-state index in [9.17, 15) is 4.79 Å². The Labute approximate surface area is 150 Å². The first-order valence-corrected chi connectivity index (χ1v) is 9.04. The highest BCUT2D eigenvalue weighted by Gasteiger charge is 2.33. The molecule has 0 bridgehead atoms. The summed E-state index contributed by atoms with van der Waals surface area (Å²) in [6.45, 7) is 3.94. The van der Waals surface area contributed by atoms with Crippen molar-refractivity contribution in [3.8, 4) is 5.75 Å². The summed E-state index contributed by atoms with van der Waals surface area (Å²) in [7, 11) is 1.62. The summed E-state index contributed by atoms with van der Waals surface area (Å²) in [4.78, 5) is 16.6. The van der Waals surface area contributed by atoms with Gasteiger partial charge in [0.05, 0.1) is 12.7 Å². The summed E-state index contributed by atoms with van der Waals surface area (Å²) in [5.41, 5.74) is 7.73. The molecule has 0 radical (unpaired) electrons. The number of nitrogens with zero attached hydrogens (tertiary/aromatic N) is 3. The van der Waals surface area contributed by atoms with E-state index in [1.54, 1.807) is 23.6 Å². The summed E-state index contributed by atoms with van der Waals surface area (Å²) >= 11 is 1.59. The second kappa shape index (κ2) is 7.18. The Morgan fingerprint density at radius 3 is 2.72 bits per heavy atom. The van der Waals surface area contributed by atoms with Crippen LogP contribution < -0.4 is 15.8 Å². The quantitative estimate of drug-likeness (QED) is 0.770. The molecular formula is C17H21N5O2S. The molecular weight excluding hydrogens is 338 g/mol. The predicted molar refractivity (Wildman–Crippen MR) is 97.7 cm³/mol. The summed E-state index contributed by atoms with van der Waals surface area (Å²) in [6.07, 6.45) is 1.04. The van der Waals surface area contributed by atoms with Gasteiger partial charge in [0, 0.05) is 11.4 Å². The average Bonchev–Trinajstić information content (AvgIpc) is 3.00. The first-order valence-electron chi connectivity index (χ1n) is 8.06. The molecule has 1 aliphatic heterocycles. The minimum Gasteiger partial charge on any atom is -0.497 e. The van der Waals surface area contributed by atoms with Crippen LogP contribution in [0, 0.1) is 0 Å². The van der Waals surface area contributed by atoms with Crippen molar-refractivity contribution in [3.05, 3.63) is 41.1 Å². The molecule has 0 fully saturated rings. The van der Waals surface area contributed by atoms with Gasteiger partial charge in [-0.1, -0.05) is 30.8 Å². The van der Waals surface area contributed by atoms with Gasteiger partial charge >= 0.3 is 0 Å². The van der Waals surface area contributed by atoms with Crippen LogP contribution in [0.5, 0.6) is 5.75 Å². The maximum absolute atomic E-state index is 12.1. The molecule has 1 aliphatic rings. The molecule has 3 N–H and O–H groups in total. The number of aromatic nitrogens is 3. The molecule has 0 aliphatic carbocycles. The van der Waals surface area contributed by atoms with Crippen LogP contribution in [0.4, 0.5) is 5.95 Å². The number of hydrogen-bond acceptors (Lipinski definition) is 6. The van der Waals surface area contributed by atoms with Gasteiger partial charge in [0.25, 0.3) is 0 Å². The second-order valence-electron chi connectivity index (χ2n) is 5.71. The lowest BCUT2D eigenvalue weighted by Gasteiger charge is -2.27. The minimum atomic E-state index is -0.477. The zero-order valence-corrected chi connectivity index (χ0v) is 15.3. The zero-order chi connectivity index (χ0) is 18.0. The molecule has 8 heteroatoms. The molecule has 0 spiro atoms. The minimum absolute atomic E-state index is 0.414. The fourth-order valence-electron chi connectivity index (χ4n) is 2.80. The van der Waals surface area contributed by atoms with Crippen molar-refractivity contribution in [2.24, 2.45) is 5.73 Å². The van der Waals surface area contributed by atoms with Gasteiger partial charge in [0.1, 0.15) is 11.8 Å². The van der Waals surface area contributed by atoms with Crippen molar-refractivity contribution in [1.29, 1.82) is 0 Å². The number of allylic oxidation sites excluding steroid dienone is 1. The Morgan fingerprint density at radius 2 is 2.12 bits per heavy atom. The first-order chi connectivity index (χ1) is 12.0. The molecule has 1 amide bonds. The molecule has 25 heavy (non-hydrogen) atoms. The number of hydrogen-bond donors (Lipinski definition) is 2. The van der Waals surface area contributed by atoms with Gasteiger partial charge < -0.3 is 15.8 Å². The van der Waals surface area contributed by atoms with Gasteiger partial charge in [-0.2, -0.15) is 4.98 Å². The average molecular weight is 359 g/mol. The molecule has 1 atom stereocenters. The SMILES string of the molecule is CCCSc1nc2n(n1)C(c1ccc(OC)cc1)C(C(N)=O)=C(C)N2. The van der Waals surface area contributed by atoms with E-state index in [-0.39, 0.29) is 0 Å². The van der Waals surface area contributed by atoms with E-state index < -0.39 is 11.9 Å². The van der Waals surface area contributed by atoms with Crippen LogP contribution in [0.2, 0.25) is 0 Å². The molecule has 1 unspecified atom stereocenters. The van der Waals surface area contributed by atoms with Crippen molar-refractivity contribution < 1.29 is 9.53 Å². The van der Waals surface area contributed by atoms with Crippen LogP contribution in [0.1, 0.15) is 31.9 Å². The molecule has 1 aromatic carbocycles. The maximum atomic E-state index is 12.1. The van der Waals surface area contributed by atoms with Crippen LogP contribution >= 0.6 is 11.8 Å². The number of nitrogens with one attached hydrogen (secondary N) is 1. The van der Waals surface area contributed by atoms with Crippen molar-refractivity contribution >= 4 is 23.6 Å². The zero-order valence-electron chi connectivity index (χ0n) is 14.4. The Kier molecular flexibility index (Phi) is 4.98. The number of benzene rings is 1. The number of anilines is 1. The molecule has 1 aromatic heterocycles. The molecule has 132 valence electrons. The topological polar surface area (TPSA) is 95.1 Å². The van der Waals surface area contributed by atoms with Crippen molar-refractivity contribution in [3.63, 3.8) is 0 Å². The third-order valence-electron chi connectivity index (χ3n) is 3.97. The van der Waals surface area contributed by atoms with Gasteiger partial charge in [-0.3, -0.25) is 4.79 Å². The van der Waals surface area contributed by atoms with Crippen LogP contribution in [0.15, 0.2) is 40.7 Å². The van der Waals surface area contributed by atoms with Gasteiger partial charge in [-0.25, -0.2) is 4.68 Å². The number of primary amides is 1. The summed E-state index contributed by atoms with van der Waals surface area (Å²) < 4.78 is 6.94. The van der Waals surface area contributed by atoms with Crippen LogP contribution in [0.25, 0.3) is 0 Å². The second-order valence-corrected chi connectivity index (χ2v) is 6.78. The Morgan fingerprint density at radius 1 is 1.40 bits per heavy atom. The van der Waals surface area contributed by atoms with E-state index in [4.69, 9.17) is 10.5 Å². The number of thioether (sulfide) groups is 1. The molecule has 7 nitrogen and oxygen atoms in total. The smallest absolute Gasteiger partial charge is 0.248 e. The maximum Gasteiger partial charge on any atom is 0.248 e. The van der Waals surface area contributed by atoms with E-state index in [2.05, 4.69) is 22.3 Å². The number of ether oxygens (including phenoxy) is 1. The lowest BCUT2D eigenvalue weighted by atomic mass is 9.95. The first kappa shape index (κ1) is 17.3. The highest BCUT2D eigenvalue weighted by Crippen LogP contribution is 2.36. The molecule has 0 saturated carbocycles. The lowest BCUT2D eigenvalue weighted by molar-refractivity contribution is -0.115. The van der Waals surface area contributed by atoms with E-state index in [0.29, 0.717) is 22.4 Å². The van der Waals surface area contributed by atoms with E-state index in [1.165, 1.54) is 0 Å². The van der Waals surface area contributed by atoms with Crippen molar-refractivity contribution in [2.75, 3.05) is 18.2 Å². The van der Waals surface area contributed by atoms with Gasteiger partial charge in [0.2, 0.25) is 17.0 Å². The number of carbonyl (C=O) groups is 1. The van der Waals surface area contributed by atoms with Crippen LogP contribution in [-0.4, -0.2) is 33.5 Å². The Hall–Kier alpha value is -2.48. The monoisotopic (exact) mass is 359 g/mol. The molecule has 2 aromatic rings. The van der Waals surface area contributed by atoms with E-state index in [0.717, 1.165) is 23.5 Å². The number of nitrogens with two attached hydrogens (primary N) is 1. The number of amides is 1. The summed E-state index contributed by atoms with van der Waals surface area (Å²) in [5.74, 6) is 1.82. The van der Waals surface area contributed by atoms with Gasteiger partial charge in [-0.15, -0.1) is 5.10 Å². The third kappa shape index (κ3) is 3.34. The largest absolute Gasteiger partial charge is 0.497 e. The van der Waals surface area contributed by atoms with Gasteiger partial charge in [0.15, 0.2) is 0 Å². The van der Waals surface area contributed by atoms with Crippen LogP contribution in [0.3, 0.4) is 0 Å². The number of fused-ring (bicyclic) bond motifs is 1. The third-order valence-corrected chi connectivity index (χ3v) is 5.01. The number of methoxy groups -OCH3 is 1. The molecule has 2 heterocycles. The van der Waals surface area contributed by atoms with Crippen molar-refractivity contribution in [2.45, 2.75) is 31.5 Å². The van der Waals surface area contributed by atoms with Crippen LogP contribution in [-0.2, 0) is 4.79 Å². The summed E-state index contributed by atoms with van der Waals surface area (Å²) in [5, 5.41) is 8.41. The molecule has 3 rings (SSSR count). The van der Waals surface area contributed by atoms with Gasteiger partial charge in [-0.05, 0) is 31.0 Å². The highest BCUT2D eigenvalue weighted by molar-refractivity contribution is 7.99. The fraction of sp³-hybridized carbons (Fsp3) is 0.353. The predicted octanol–water partition coefficient (Wildman–Crippen LogP) is 2.56. The van der Waals surface area contributed by atoms with E-state index in [1.807, 2.05) is 31.2 Å². The normalized spacial score (nSPS) is 16.4. The Bertz CT molecular complexity index is 813. The Balaban J connectivity index is 2.07.